The van der Waals surface area contributed by atoms with Gasteiger partial charge in [0, 0.05) is 5.92 Å². The molecule has 13 heavy (non-hydrogen) atoms. The Morgan fingerprint density at radius 2 is 1.92 bits per heavy atom. The molecule has 0 saturated carbocycles. The number of carbonyl (C=O) groups excluding carboxylic acids is 1. The van der Waals surface area contributed by atoms with E-state index in [0.717, 1.165) is 12.8 Å². The maximum absolute atomic E-state index is 11.6. The molecule has 0 fully saturated rings. The van der Waals surface area contributed by atoms with Gasteiger partial charge in [0.05, 0.1) is 6.04 Å². The summed E-state index contributed by atoms with van der Waals surface area (Å²) in [5.41, 5.74) is 0. The van der Waals surface area contributed by atoms with Gasteiger partial charge in [0.2, 0.25) is 0 Å². The number of nitrogens with one attached hydrogen (secondary N) is 1. The van der Waals surface area contributed by atoms with E-state index < -0.39 is 0 Å². The van der Waals surface area contributed by atoms with Gasteiger partial charge in [-0.05, 0) is 13.5 Å². The number of Topliss-reactive ketones (excluding diaryl/α,β-unsaturated/α-hetero) is 1. The summed E-state index contributed by atoms with van der Waals surface area (Å²) >= 11 is 0. The molecule has 78 valence electrons. The van der Waals surface area contributed by atoms with Crippen molar-refractivity contribution in [3.05, 3.63) is 0 Å². The van der Waals surface area contributed by atoms with Crippen molar-refractivity contribution in [1.29, 1.82) is 0 Å². The highest BCUT2D eigenvalue weighted by Gasteiger charge is 2.18. The Kier molecular flexibility index (Phi) is 6.87. The largest absolute Gasteiger partial charge is 0.311 e. The van der Waals surface area contributed by atoms with Crippen LogP contribution in [0.5, 0.6) is 0 Å². The van der Waals surface area contributed by atoms with Gasteiger partial charge in [-0.15, -0.1) is 0 Å². The molecule has 1 atom stereocenters. The summed E-state index contributed by atoms with van der Waals surface area (Å²) in [5.74, 6) is 0.498. The van der Waals surface area contributed by atoms with E-state index in [-0.39, 0.29) is 12.0 Å². The van der Waals surface area contributed by atoms with Crippen LogP contribution in [0.25, 0.3) is 0 Å². The number of ketones is 1. The van der Waals surface area contributed by atoms with Gasteiger partial charge in [0.1, 0.15) is 0 Å². The third kappa shape index (κ3) is 5.04. The lowest BCUT2D eigenvalue weighted by molar-refractivity contribution is -0.124. The summed E-state index contributed by atoms with van der Waals surface area (Å²) in [6.45, 7) is 6.11. The minimum Gasteiger partial charge on any atom is -0.311 e. The summed E-state index contributed by atoms with van der Waals surface area (Å²) in [7, 11) is 1.87. The fourth-order valence-corrected chi connectivity index (χ4v) is 1.43. The summed E-state index contributed by atoms with van der Waals surface area (Å²) in [4.78, 5) is 11.6. The van der Waals surface area contributed by atoms with E-state index in [4.69, 9.17) is 0 Å². The quantitative estimate of drug-likeness (QED) is 0.617. The molecule has 1 N–H and O–H groups in total. The maximum Gasteiger partial charge on any atom is 0.152 e. The molecule has 0 bridgehead atoms. The molecule has 2 heteroatoms. The zero-order chi connectivity index (χ0) is 10.3. The summed E-state index contributed by atoms with van der Waals surface area (Å²) < 4.78 is 0. The molecule has 0 aromatic heterocycles. The SMILES string of the molecule is CCCCC[C@@H](NC)C(=O)C(C)C. The standard InChI is InChI=1S/C11H23NO/c1-5-6-7-8-10(12-4)11(13)9(2)3/h9-10,12H,5-8H2,1-4H3/t10-/m1/s1. The molecule has 0 amide bonds. The monoisotopic (exact) mass is 185 g/mol. The van der Waals surface area contributed by atoms with Crippen molar-refractivity contribution in [3.8, 4) is 0 Å². The van der Waals surface area contributed by atoms with Crippen LogP contribution in [0.4, 0.5) is 0 Å². The first-order valence-electron chi connectivity index (χ1n) is 5.34. The number of hydrogen-bond acceptors (Lipinski definition) is 2. The van der Waals surface area contributed by atoms with Crippen molar-refractivity contribution < 1.29 is 4.79 Å². The predicted octanol–water partition coefficient (Wildman–Crippen LogP) is 2.38. The van der Waals surface area contributed by atoms with Crippen molar-refractivity contribution in [2.24, 2.45) is 5.92 Å². The van der Waals surface area contributed by atoms with Crippen molar-refractivity contribution >= 4 is 5.78 Å². The molecule has 0 heterocycles. The van der Waals surface area contributed by atoms with Gasteiger partial charge >= 0.3 is 0 Å². The number of hydrogen-bond donors (Lipinski definition) is 1. The van der Waals surface area contributed by atoms with E-state index in [1.807, 2.05) is 20.9 Å². The minimum absolute atomic E-state index is 0.0755. The summed E-state index contributed by atoms with van der Waals surface area (Å²) in [6.07, 6.45) is 4.58. The first kappa shape index (κ1) is 12.6. The van der Waals surface area contributed by atoms with Gasteiger partial charge in [0.25, 0.3) is 0 Å². The van der Waals surface area contributed by atoms with E-state index in [1.54, 1.807) is 0 Å². The zero-order valence-electron chi connectivity index (χ0n) is 9.39. The van der Waals surface area contributed by atoms with Crippen LogP contribution < -0.4 is 5.32 Å². The Morgan fingerprint density at radius 1 is 1.31 bits per heavy atom. The van der Waals surface area contributed by atoms with Crippen LogP contribution in [0.1, 0.15) is 46.5 Å². The molecule has 0 aliphatic rings. The minimum atomic E-state index is 0.0755. The third-order valence-electron chi connectivity index (χ3n) is 2.36. The van der Waals surface area contributed by atoms with Gasteiger partial charge in [-0.2, -0.15) is 0 Å². The van der Waals surface area contributed by atoms with Gasteiger partial charge in [-0.1, -0.05) is 40.0 Å². The molecular weight excluding hydrogens is 162 g/mol. The van der Waals surface area contributed by atoms with E-state index in [1.165, 1.54) is 12.8 Å². The fraction of sp³-hybridized carbons (Fsp3) is 0.909. The van der Waals surface area contributed by atoms with Gasteiger partial charge < -0.3 is 5.32 Å². The molecule has 0 aliphatic heterocycles. The van der Waals surface area contributed by atoms with Gasteiger partial charge in [0.15, 0.2) is 5.78 Å². The van der Waals surface area contributed by atoms with E-state index in [0.29, 0.717) is 5.78 Å². The van der Waals surface area contributed by atoms with Crippen molar-refractivity contribution in [3.63, 3.8) is 0 Å². The third-order valence-corrected chi connectivity index (χ3v) is 2.36. The second-order valence-electron chi connectivity index (χ2n) is 3.89. The van der Waals surface area contributed by atoms with Crippen LogP contribution in [0.2, 0.25) is 0 Å². The smallest absolute Gasteiger partial charge is 0.152 e. The number of likely N-dealkylation sites (N-methyl/N-ethyl adjacent to an activating group) is 1. The van der Waals surface area contributed by atoms with Crippen LogP contribution in [-0.2, 0) is 4.79 Å². The molecule has 0 saturated heterocycles. The van der Waals surface area contributed by atoms with E-state index in [2.05, 4.69) is 12.2 Å². The zero-order valence-corrected chi connectivity index (χ0v) is 9.39. The normalized spacial score (nSPS) is 13.3. The summed E-state index contributed by atoms with van der Waals surface area (Å²) in [6, 6.07) is 0.0755. The first-order chi connectivity index (χ1) is 6.13. The van der Waals surface area contributed by atoms with Crippen molar-refractivity contribution in [1.82, 2.24) is 5.32 Å². The summed E-state index contributed by atoms with van der Waals surface area (Å²) in [5, 5.41) is 3.09. The van der Waals surface area contributed by atoms with E-state index in [9.17, 15) is 4.79 Å². The van der Waals surface area contributed by atoms with Crippen LogP contribution in [0.3, 0.4) is 0 Å². The van der Waals surface area contributed by atoms with Crippen LogP contribution in [0, 0.1) is 5.92 Å². The van der Waals surface area contributed by atoms with Gasteiger partial charge in [-0.25, -0.2) is 0 Å². The molecule has 0 rings (SSSR count). The number of carbonyl (C=O) groups is 1. The highest BCUT2D eigenvalue weighted by molar-refractivity contribution is 5.85. The number of unbranched alkanes of at least 4 members (excludes halogenated alkanes) is 2. The van der Waals surface area contributed by atoms with Crippen LogP contribution in [0.15, 0.2) is 0 Å². The molecule has 0 radical (unpaired) electrons. The lowest BCUT2D eigenvalue weighted by atomic mass is 9.97. The Morgan fingerprint density at radius 3 is 2.31 bits per heavy atom. The number of rotatable bonds is 7. The first-order valence-corrected chi connectivity index (χ1v) is 5.34. The highest BCUT2D eigenvalue weighted by atomic mass is 16.1. The average Bonchev–Trinajstić information content (AvgIpc) is 2.11. The molecular formula is C11H23NO. The van der Waals surface area contributed by atoms with Crippen molar-refractivity contribution in [2.45, 2.75) is 52.5 Å². The van der Waals surface area contributed by atoms with Crippen LogP contribution in [-0.4, -0.2) is 18.9 Å². The predicted molar refractivity (Wildman–Crippen MR) is 56.8 cm³/mol. The Labute approximate surface area is 82.1 Å². The molecule has 0 aliphatic carbocycles. The Hall–Kier alpha value is -0.370. The van der Waals surface area contributed by atoms with E-state index >= 15 is 0 Å². The molecule has 0 aromatic carbocycles. The van der Waals surface area contributed by atoms with Gasteiger partial charge in [-0.3, -0.25) is 4.79 Å². The lowest BCUT2D eigenvalue weighted by Gasteiger charge is -2.16. The Bertz CT molecular complexity index is 143. The van der Waals surface area contributed by atoms with Crippen molar-refractivity contribution in [2.75, 3.05) is 7.05 Å². The Balaban J connectivity index is 3.81. The second kappa shape index (κ2) is 7.07. The lowest BCUT2D eigenvalue weighted by Crippen LogP contribution is -2.36. The highest BCUT2D eigenvalue weighted by Crippen LogP contribution is 2.08. The molecule has 0 aromatic rings. The maximum atomic E-state index is 11.6. The average molecular weight is 185 g/mol. The molecule has 2 nitrogen and oxygen atoms in total. The second-order valence-corrected chi connectivity index (χ2v) is 3.89. The van der Waals surface area contributed by atoms with Crippen LogP contribution >= 0.6 is 0 Å². The molecule has 0 spiro atoms. The topological polar surface area (TPSA) is 29.1 Å². The fourth-order valence-electron chi connectivity index (χ4n) is 1.43. The molecule has 0 unspecified atom stereocenters.